The van der Waals surface area contributed by atoms with Crippen LogP contribution in [0.2, 0.25) is 0 Å². The smallest absolute Gasteiger partial charge is 0.240 e. The quantitative estimate of drug-likeness (QED) is 0.723. The zero-order chi connectivity index (χ0) is 15.0. The molecule has 0 saturated heterocycles. The Morgan fingerprint density at radius 3 is 2.80 bits per heavy atom. The number of aliphatic hydroxyl groups is 1. The van der Waals surface area contributed by atoms with Gasteiger partial charge in [0.15, 0.2) is 0 Å². The summed E-state index contributed by atoms with van der Waals surface area (Å²) in [6, 6.07) is 1.74. The third-order valence-corrected chi connectivity index (χ3v) is 2.99. The van der Waals surface area contributed by atoms with Crippen molar-refractivity contribution in [1.29, 1.82) is 0 Å². The molecule has 0 saturated carbocycles. The summed E-state index contributed by atoms with van der Waals surface area (Å²) >= 11 is 0. The van der Waals surface area contributed by atoms with Crippen LogP contribution in [0.15, 0.2) is 10.6 Å². The SMILES string of the molecule is CCCCN(CCO)CC(=O)Nc1cc(C(C)C)no1. The second-order valence-electron chi connectivity index (χ2n) is 5.17. The van der Waals surface area contributed by atoms with E-state index in [0.29, 0.717) is 12.4 Å². The lowest BCUT2D eigenvalue weighted by Gasteiger charge is -2.19. The van der Waals surface area contributed by atoms with Gasteiger partial charge in [0.25, 0.3) is 0 Å². The van der Waals surface area contributed by atoms with Crippen molar-refractivity contribution in [1.82, 2.24) is 10.1 Å². The Morgan fingerprint density at radius 2 is 2.25 bits per heavy atom. The van der Waals surface area contributed by atoms with E-state index in [1.54, 1.807) is 6.07 Å². The normalized spacial score (nSPS) is 11.3. The van der Waals surface area contributed by atoms with Crippen molar-refractivity contribution in [2.75, 3.05) is 31.6 Å². The molecule has 20 heavy (non-hydrogen) atoms. The maximum absolute atomic E-state index is 11.9. The van der Waals surface area contributed by atoms with E-state index in [9.17, 15) is 4.79 Å². The molecule has 0 aliphatic rings. The minimum Gasteiger partial charge on any atom is -0.395 e. The Kier molecular flexibility index (Phi) is 7.25. The second-order valence-corrected chi connectivity index (χ2v) is 5.17. The van der Waals surface area contributed by atoms with Crippen molar-refractivity contribution in [3.05, 3.63) is 11.8 Å². The third-order valence-electron chi connectivity index (χ3n) is 2.99. The summed E-state index contributed by atoms with van der Waals surface area (Å²) in [4.78, 5) is 13.8. The fourth-order valence-corrected chi connectivity index (χ4v) is 1.79. The monoisotopic (exact) mass is 283 g/mol. The standard InChI is InChI=1S/C14H25N3O3/c1-4-5-6-17(7-8-18)10-13(19)15-14-9-12(11(2)3)16-20-14/h9,11,18H,4-8,10H2,1-3H3,(H,15,19). The van der Waals surface area contributed by atoms with Crippen LogP contribution in [0.3, 0.4) is 0 Å². The van der Waals surface area contributed by atoms with Crippen LogP contribution in [0.1, 0.15) is 45.2 Å². The van der Waals surface area contributed by atoms with Gasteiger partial charge in [-0.2, -0.15) is 0 Å². The Labute approximate surface area is 120 Å². The molecule has 1 amide bonds. The molecule has 0 aliphatic heterocycles. The number of hydrogen-bond acceptors (Lipinski definition) is 5. The van der Waals surface area contributed by atoms with E-state index in [1.165, 1.54) is 0 Å². The van der Waals surface area contributed by atoms with Gasteiger partial charge in [-0.1, -0.05) is 32.3 Å². The number of anilines is 1. The van der Waals surface area contributed by atoms with Crippen LogP contribution >= 0.6 is 0 Å². The highest BCUT2D eigenvalue weighted by Crippen LogP contribution is 2.17. The van der Waals surface area contributed by atoms with Crippen LogP contribution in [-0.2, 0) is 4.79 Å². The minimum absolute atomic E-state index is 0.0524. The number of amides is 1. The molecule has 114 valence electrons. The number of aliphatic hydroxyl groups excluding tert-OH is 1. The topological polar surface area (TPSA) is 78.6 Å². The fraction of sp³-hybridized carbons (Fsp3) is 0.714. The predicted molar refractivity (Wildman–Crippen MR) is 77.7 cm³/mol. The average Bonchev–Trinajstić information content (AvgIpc) is 2.84. The molecule has 2 N–H and O–H groups in total. The van der Waals surface area contributed by atoms with Crippen molar-refractivity contribution in [3.63, 3.8) is 0 Å². The molecule has 0 aliphatic carbocycles. The molecule has 1 aromatic rings. The zero-order valence-corrected chi connectivity index (χ0v) is 12.6. The first-order valence-electron chi connectivity index (χ1n) is 7.16. The van der Waals surface area contributed by atoms with Crippen LogP contribution in [0.4, 0.5) is 5.88 Å². The molecule has 1 aromatic heterocycles. The largest absolute Gasteiger partial charge is 0.395 e. The van der Waals surface area contributed by atoms with E-state index in [1.807, 2.05) is 18.7 Å². The van der Waals surface area contributed by atoms with E-state index in [4.69, 9.17) is 9.63 Å². The number of rotatable bonds is 9. The zero-order valence-electron chi connectivity index (χ0n) is 12.6. The Hall–Kier alpha value is -1.40. The molecule has 0 fully saturated rings. The number of aromatic nitrogens is 1. The lowest BCUT2D eigenvalue weighted by atomic mass is 10.1. The number of unbranched alkanes of at least 4 members (excludes halogenated alkanes) is 1. The van der Waals surface area contributed by atoms with Crippen LogP contribution in [0.25, 0.3) is 0 Å². The van der Waals surface area contributed by atoms with Gasteiger partial charge in [-0.3, -0.25) is 15.0 Å². The van der Waals surface area contributed by atoms with E-state index >= 15 is 0 Å². The highest BCUT2D eigenvalue weighted by molar-refractivity contribution is 5.90. The van der Waals surface area contributed by atoms with Gasteiger partial charge >= 0.3 is 0 Å². The Bertz CT molecular complexity index is 404. The summed E-state index contributed by atoms with van der Waals surface area (Å²) < 4.78 is 5.07. The maximum Gasteiger partial charge on any atom is 0.240 e. The Balaban J connectivity index is 2.47. The molecule has 0 aromatic carbocycles. The number of carbonyl (C=O) groups is 1. The first-order valence-corrected chi connectivity index (χ1v) is 7.16. The molecule has 0 spiro atoms. The molecule has 6 heteroatoms. The van der Waals surface area contributed by atoms with Gasteiger partial charge in [-0.25, -0.2) is 0 Å². The number of carbonyl (C=O) groups excluding carboxylic acids is 1. The van der Waals surface area contributed by atoms with Gasteiger partial charge in [0, 0.05) is 12.6 Å². The molecule has 0 radical (unpaired) electrons. The second kappa shape index (κ2) is 8.71. The minimum atomic E-state index is -0.152. The van der Waals surface area contributed by atoms with Gasteiger partial charge in [-0.05, 0) is 18.9 Å². The van der Waals surface area contributed by atoms with Crippen LogP contribution in [0, 0.1) is 0 Å². The van der Waals surface area contributed by atoms with Crippen molar-refractivity contribution >= 4 is 11.8 Å². The molecule has 0 unspecified atom stereocenters. The predicted octanol–water partition coefficient (Wildman–Crippen LogP) is 1.83. The molecule has 1 heterocycles. The molecule has 0 bridgehead atoms. The van der Waals surface area contributed by atoms with Crippen LogP contribution in [0.5, 0.6) is 0 Å². The van der Waals surface area contributed by atoms with Crippen molar-refractivity contribution in [2.24, 2.45) is 0 Å². The van der Waals surface area contributed by atoms with Gasteiger partial charge in [0.05, 0.1) is 18.8 Å². The highest BCUT2D eigenvalue weighted by atomic mass is 16.5. The average molecular weight is 283 g/mol. The number of nitrogens with zero attached hydrogens (tertiary/aromatic N) is 2. The third kappa shape index (κ3) is 5.71. The van der Waals surface area contributed by atoms with Crippen molar-refractivity contribution in [2.45, 2.75) is 39.5 Å². The van der Waals surface area contributed by atoms with Crippen LogP contribution < -0.4 is 5.32 Å². The van der Waals surface area contributed by atoms with Crippen molar-refractivity contribution in [3.8, 4) is 0 Å². The Morgan fingerprint density at radius 1 is 1.50 bits per heavy atom. The lowest BCUT2D eigenvalue weighted by molar-refractivity contribution is -0.117. The first-order chi connectivity index (χ1) is 9.56. The van der Waals surface area contributed by atoms with E-state index in [2.05, 4.69) is 17.4 Å². The first kappa shape index (κ1) is 16.7. The van der Waals surface area contributed by atoms with Crippen molar-refractivity contribution < 1.29 is 14.4 Å². The summed E-state index contributed by atoms with van der Waals surface area (Å²) in [7, 11) is 0. The lowest BCUT2D eigenvalue weighted by Crippen LogP contribution is -2.35. The molecule has 1 rings (SSSR count). The molecule has 0 atom stereocenters. The van der Waals surface area contributed by atoms with Crippen LogP contribution in [-0.4, -0.2) is 47.3 Å². The molecular formula is C14H25N3O3. The summed E-state index contributed by atoms with van der Waals surface area (Å²) in [6.45, 7) is 7.72. The van der Waals surface area contributed by atoms with Gasteiger partial charge < -0.3 is 9.63 Å². The van der Waals surface area contributed by atoms with E-state index in [-0.39, 0.29) is 25.0 Å². The molecular weight excluding hydrogens is 258 g/mol. The van der Waals surface area contributed by atoms with Gasteiger partial charge in [0.2, 0.25) is 11.8 Å². The van der Waals surface area contributed by atoms with Gasteiger partial charge in [0.1, 0.15) is 0 Å². The number of nitrogens with one attached hydrogen (secondary N) is 1. The fourth-order valence-electron chi connectivity index (χ4n) is 1.79. The summed E-state index contributed by atoms with van der Waals surface area (Å²) in [5.41, 5.74) is 0.818. The highest BCUT2D eigenvalue weighted by Gasteiger charge is 2.13. The number of hydrogen-bond donors (Lipinski definition) is 2. The van der Waals surface area contributed by atoms with E-state index in [0.717, 1.165) is 25.1 Å². The summed E-state index contributed by atoms with van der Waals surface area (Å²) in [5, 5.41) is 15.6. The maximum atomic E-state index is 11.9. The summed E-state index contributed by atoms with van der Waals surface area (Å²) in [6.07, 6.45) is 2.07. The molecule has 6 nitrogen and oxygen atoms in total. The summed E-state index contributed by atoms with van der Waals surface area (Å²) in [5.74, 6) is 0.485. The van der Waals surface area contributed by atoms with Gasteiger partial charge in [-0.15, -0.1) is 0 Å². The van der Waals surface area contributed by atoms with E-state index < -0.39 is 0 Å².